The van der Waals surface area contributed by atoms with E-state index in [0.29, 0.717) is 13.2 Å². The summed E-state index contributed by atoms with van der Waals surface area (Å²) in [5.41, 5.74) is 2.61. The first kappa shape index (κ1) is 16.4. The molecular weight excluding hydrogens is 272 g/mol. The number of ether oxygens (including phenoxy) is 2. The molecule has 0 fully saturated rings. The van der Waals surface area contributed by atoms with Crippen molar-refractivity contribution in [3.05, 3.63) is 59.7 Å². The highest BCUT2D eigenvalue weighted by atomic mass is 16.5. The Hall–Kier alpha value is -1.96. The van der Waals surface area contributed by atoms with Crippen LogP contribution >= 0.6 is 0 Å². The zero-order chi connectivity index (χ0) is 16.0. The van der Waals surface area contributed by atoms with Crippen molar-refractivity contribution in [3.8, 4) is 11.5 Å². The molecule has 0 aromatic heterocycles. The summed E-state index contributed by atoms with van der Waals surface area (Å²) in [5.74, 6) is 1.85. The van der Waals surface area contributed by atoms with Gasteiger partial charge in [0.1, 0.15) is 11.5 Å². The number of hydrogen-bond acceptors (Lipinski definition) is 2. The van der Waals surface area contributed by atoms with Crippen LogP contribution in [0.15, 0.2) is 48.5 Å². The van der Waals surface area contributed by atoms with Gasteiger partial charge in [0.2, 0.25) is 0 Å². The first-order valence-electron chi connectivity index (χ1n) is 8.10. The Morgan fingerprint density at radius 3 is 1.32 bits per heavy atom. The van der Waals surface area contributed by atoms with Crippen molar-refractivity contribution in [2.45, 2.75) is 39.5 Å². The summed E-state index contributed by atoms with van der Waals surface area (Å²) in [6.45, 7) is 9.92. The predicted molar refractivity (Wildman–Crippen MR) is 92.0 cm³/mol. The molecular formula is C20H26O2. The summed E-state index contributed by atoms with van der Waals surface area (Å²) >= 11 is 0. The third-order valence-corrected chi connectivity index (χ3v) is 4.31. The number of rotatable bonds is 7. The lowest BCUT2D eigenvalue weighted by Crippen LogP contribution is -2.22. The van der Waals surface area contributed by atoms with E-state index in [0.717, 1.165) is 17.9 Å². The van der Waals surface area contributed by atoms with E-state index in [1.165, 1.54) is 11.1 Å². The number of hydrogen-bond donors (Lipinski definition) is 0. The standard InChI is InChI=1S/C20H26O2/c1-5-20(4,16-8-12-18(13-9-16)21-6-2)17-10-14-19(15-11-17)22-7-3/h8-15H,5-7H2,1-4H3. The molecule has 2 aromatic carbocycles. The second kappa shape index (κ2) is 7.35. The third kappa shape index (κ3) is 3.44. The van der Waals surface area contributed by atoms with E-state index in [2.05, 4.69) is 62.4 Å². The maximum Gasteiger partial charge on any atom is 0.119 e. The molecule has 22 heavy (non-hydrogen) atoms. The molecule has 0 aliphatic heterocycles. The summed E-state index contributed by atoms with van der Waals surface area (Å²) in [6, 6.07) is 16.9. The summed E-state index contributed by atoms with van der Waals surface area (Å²) in [4.78, 5) is 0. The van der Waals surface area contributed by atoms with Crippen molar-refractivity contribution >= 4 is 0 Å². The van der Waals surface area contributed by atoms with Gasteiger partial charge in [0.05, 0.1) is 13.2 Å². The zero-order valence-corrected chi connectivity index (χ0v) is 14.1. The van der Waals surface area contributed by atoms with E-state index in [1.54, 1.807) is 0 Å². The van der Waals surface area contributed by atoms with E-state index in [9.17, 15) is 0 Å². The van der Waals surface area contributed by atoms with Gasteiger partial charge in [0, 0.05) is 5.41 Å². The topological polar surface area (TPSA) is 18.5 Å². The van der Waals surface area contributed by atoms with E-state index >= 15 is 0 Å². The first-order valence-corrected chi connectivity index (χ1v) is 8.10. The molecule has 2 nitrogen and oxygen atoms in total. The molecule has 0 aliphatic carbocycles. The van der Waals surface area contributed by atoms with E-state index in [1.807, 2.05) is 13.8 Å². The van der Waals surface area contributed by atoms with E-state index in [4.69, 9.17) is 9.47 Å². The predicted octanol–water partition coefficient (Wildman–Crippen LogP) is 5.20. The second-order valence-electron chi connectivity index (χ2n) is 5.60. The molecule has 0 amide bonds. The van der Waals surface area contributed by atoms with Crippen LogP contribution in [0.4, 0.5) is 0 Å². The molecule has 0 saturated heterocycles. The molecule has 0 spiro atoms. The maximum atomic E-state index is 5.54. The molecule has 0 bridgehead atoms. The van der Waals surface area contributed by atoms with E-state index < -0.39 is 0 Å². The monoisotopic (exact) mass is 298 g/mol. The Labute approximate surface area is 134 Å². The largest absolute Gasteiger partial charge is 0.494 e. The van der Waals surface area contributed by atoms with Crippen molar-refractivity contribution < 1.29 is 9.47 Å². The average Bonchev–Trinajstić information content (AvgIpc) is 2.56. The number of benzene rings is 2. The first-order chi connectivity index (χ1) is 10.6. The Morgan fingerprint density at radius 2 is 1.05 bits per heavy atom. The van der Waals surface area contributed by atoms with Crippen LogP contribution in [0.2, 0.25) is 0 Å². The van der Waals surface area contributed by atoms with Gasteiger partial charge in [-0.25, -0.2) is 0 Å². The van der Waals surface area contributed by atoms with Gasteiger partial charge in [-0.05, 0) is 55.7 Å². The van der Waals surface area contributed by atoms with Gasteiger partial charge in [-0.15, -0.1) is 0 Å². The van der Waals surface area contributed by atoms with Crippen LogP contribution in [0.25, 0.3) is 0 Å². The molecule has 0 unspecified atom stereocenters. The van der Waals surface area contributed by atoms with Crippen molar-refractivity contribution in [1.29, 1.82) is 0 Å². The quantitative estimate of drug-likeness (QED) is 0.699. The lowest BCUT2D eigenvalue weighted by Gasteiger charge is -2.30. The van der Waals surface area contributed by atoms with Crippen LogP contribution in [-0.4, -0.2) is 13.2 Å². The van der Waals surface area contributed by atoms with Gasteiger partial charge in [0.25, 0.3) is 0 Å². The van der Waals surface area contributed by atoms with Crippen molar-refractivity contribution in [3.63, 3.8) is 0 Å². The van der Waals surface area contributed by atoms with Gasteiger partial charge in [-0.3, -0.25) is 0 Å². The normalized spacial score (nSPS) is 11.3. The SMILES string of the molecule is CCOc1ccc(C(C)(CC)c2ccc(OCC)cc2)cc1. The molecule has 0 N–H and O–H groups in total. The molecule has 2 aromatic rings. The van der Waals surface area contributed by atoms with Crippen molar-refractivity contribution in [2.24, 2.45) is 0 Å². The van der Waals surface area contributed by atoms with Gasteiger partial charge < -0.3 is 9.47 Å². The van der Waals surface area contributed by atoms with Crippen LogP contribution in [0.3, 0.4) is 0 Å². The minimum Gasteiger partial charge on any atom is -0.494 e. The highest BCUT2D eigenvalue weighted by Gasteiger charge is 2.26. The Bertz CT molecular complexity index is 520. The fraction of sp³-hybridized carbons (Fsp3) is 0.400. The summed E-state index contributed by atoms with van der Waals surface area (Å²) in [6.07, 6.45) is 1.04. The average molecular weight is 298 g/mol. The molecule has 0 aliphatic rings. The zero-order valence-electron chi connectivity index (χ0n) is 14.1. The highest BCUT2D eigenvalue weighted by Crippen LogP contribution is 2.36. The molecule has 0 saturated carbocycles. The fourth-order valence-corrected chi connectivity index (χ4v) is 2.75. The molecule has 0 atom stereocenters. The summed E-state index contributed by atoms with van der Waals surface area (Å²) in [5, 5.41) is 0. The maximum absolute atomic E-state index is 5.54. The Balaban J connectivity index is 2.30. The molecule has 118 valence electrons. The van der Waals surface area contributed by atoms with Gasteiger partial charge >= 0.3 is 0 Å². The Kier molecular flexibility index (Phi) is 5.48. The molecule has 0 heterocycles. The van der Waals surface area contributed by atoms with Crippen LogP contribution in [0, 0.1) is 0 Å². The van der Waals surface area contributed by atoms with Crippen LogP contribution < -0.4 is 9.47 Å². The lowest BCUT2D eigenvalue weighted by atomic mass is 9.74. The van der Waals surface area contributed by atoms with Crippen LogP contribution in [0.1, 0.15) is 45.2 Å². The van der Waals surface area contributed by atoms with Crippen molar-refractivity contribution in [2.75, 3.05) is 13.2 Å². The second-order valence-corrected chi connectivity index (χ2v) is 5.60. The smallest absolute Gasteiger partial charge is 0.119 e. The summed E-state index contributed by atoms with van der Waals surface area (Å²) < 4.78 is 11.1. The lowest BCUT2D eigenvalue weighted by molar-refractivity contribution is 0.339. The minimum atomic E-state index is -0.00447. The van der Waals surface area contributed by atoms with Gasteiger partial charge in [-0.1, -0.05) is 38.1 Å². The minimum absolute atomic E-state index is 0.00447. The Morgan fingerprint density at radius 1 is 0.682 bits per heavy atom. The highest BCUT2D eigenvalue weighted by molar-refractivity contribution is 5.42. The van der Waals surface area contributed by atoms with Crippen LogP contribution in [0.5, 0.6) is 11.5 Å². The van der Waals surface area contributed by atoms with Gasteiger partial charge in [-0.2, -0.15) is 0 Å². The fourth-order valence-electron chi connectivity index (χ4n) is 2.75. The third-order valence-electron chi connectivity index (χ3n) is 4.31. The summed E-state index contributed by atoms with van der Waals surface area (Å²) in [7, 11) is 0. The van der Waals surface area contributed by atoms with E-state index in [-0.39, 0.29) is 5.41 Å². The molecule has 2 heteroatoms. The van der Waals surface area contributed by atoms with Crippen molar-refractivity contribution in [1.82, 2.24) is 0 Å². The van der Waals surface area contributed by atoms with Crippen LogP contribution in [-0.2, 0) is 5.41 Å². The van der Waals surface area contributed by atoms with Gasteiger partial charge in [0.15, 0.2) is 0 Å². The molecule has 0 radical (unpaired) electrons. The molecule has 2 rings (SSSR count).